The molecule has 1 aromatic heterocycles. The molecule has 1 saturated heterocycles. The summed E-state index contributed by atoms with van der Waals surface area (Å²) in [5.41, 5.74) is 0.180. The van der Waals surface area contributed by atoms with Crippen molar-refractivity contribution in [3.8, 4) is 0 Å². The molecule has 0 spiro atoms. The normalized spacial score (nSPS) is 24.4. The number of nitrogens with one attached hydrogen (secondary N) is 1. The van der Waals surface area contributed by atoms with Gasteiger partial charge in [-0.2, -0.15) is 0 Å². The molecule has 1 fully saturated rings. The van der Waals surface area contributed by atoms with Gasteiger partial charge in [0.25, 0.3) is 0 Å². The van der Waals surface area contributed by atoms with Crippen LogP contribution in [0.15, 0.2) is 6.33 Å². The minimum Gasteiger partial charge on any atom is -0.383 e. The standard InChI is InChI=1S/C12H22N4O/c1-3-4-12(5-6-13-9-12)11-15-14-10-16(11)7-8-17-2/h10,13H,3-9H2,1-2H3. The van der Waals surface area contributed by atoms with Crippen molar-refractivity contribution in [1.29, 1.82) is 0 Å². The Morgan fingerprint density at radius 3 is 3.12 bits per heavy atom. The molecule has 0 aliphatic carbocycles. The zero-order valence-electron chi connectivity index (χ0n) is 10.8. The summed E-state index contributed by atoms with van der Waals surface area (Å²) in [7, 11) is 1.73. The van der Waals surface area contributed by atoms with E-state index in [-0.39, 0.29) is 5.41 Å². The van der Waals surface area contributed by atoms with Crippen LogP contribution in [0.2, 0.25) is 0 Å². The molecule has 2 rings (SSSR count). The third kappa shape index (κ3) is 2.50. The highest BCUT2D eigenvalue weighted by Gasteiger charge is 2.38. The molecule has 0 amide bonds. The van der Waals surface area contributed by atoms with Gasteiger partial charge in [0.2, 0.25) is 0 Å². The zero-order chi connectivity index (χ0) is 12.1. The number of aromatic nitrogens is 3. The van der Waals surface area contributed by atoms with Crippen molar-refractivity contribution in [3.05, 3.63) is 12.2 Å². The second-order valence-electron chi connectivity index (χ2n) is 4.80. The molecular formula is C12H22N4O. The molecule has 1 aliphatic rings. The summed E-state index contributed by atoms with van der Waals surface area (Å²) in [4.78, 5) is 0. The van der Waals surface area contributed by atoms with Crippen molar-refractivity contribution in [2.24, 2.45) is 0 Å². The van der Waals surface area contributed by atoms with Gasteiger partial charge >= 0.3 is 0 Å². The van der Waals surface area contributed by atoms with Crippen LogP contribution in [0.5, 0.6) is 0 Å². The van der Waals surface area contributed by atoms with E-state index >= 15 is 0 Å². The van der Waals surface area contributed by atoms with E-state index in [0.29, 0.717) is 6.61 Å². The van der Waals surface area contributed by atoms with Crippen LogP contribution >= 0.6 is 0 Å². The first-order valence-electron chi connectivity index (χ1n) is 6.40. The molecule has 0 saturated carbocycles. The molecule has 1 aromatic rings. The molecule has 5 nitrogen and oxygen atoms in total. The van der Waals surface area contributed by atoms with Gasteiger partial charge in [-0.1, -0.05) is 13.3 Å². The molecule has 2 heterocycles. The van der Waals surface area contributed by atoms with Crippen LogP contribution in [0.3, 0.4) is 0 Å². The number of rotatable bonds is 6. The lowest BCUT2D eigenvalue weighted by Crippen LogP contribution is -2.33. The highest BCUT2D eigenvalue weighted by Crippen LogP contribution is 2.33. The van der Waals surface area contributed by atoms with Crippen molar-refractivity contribution in [3.63, 3.8) is 0 Å². The van der Waals surface area contributed by atoms with Gasteiger partial charge in [0.15, 0.2) is 0 Å². The second kappa shape index (κ2) is 5.60. The van der Waals surface area contributed by atoms with E-state index in [2.05, 4.69) is 27.0 Å². The quantitative estimate of drug-likeness (QED) is 0.802. The first-order valence-corrected chi connectivity index (χ1v) is 6.40. The van der Waals surface area contributed by atoms with Crippen molar-refractivity contribution in [2.45, 2.75) is 38.1 Å². The third-order valence-electron chi connectivity index (χ3n) is 3.60. The third-order valence-corrected chi connectivity index (χ3v) is 3.60. The van der Waals surface area contributed by atoms with Crippen molar-refractivity contribution in [1.82, 2.24) is 20.1 Å². The largest absolute Gasteiger partial charge is 0.383 e. The van der Waals surface area contributed by atoms with Crippen molar-refractivity contribution < 1.29 is 4.74 Å². The number of hydrogen-bond donors (Lipinski definition) is 1. The van der Waals surface area contributed by atoms with E-state index in [1.807, 2.05) is 6.33 Å². The summed E-state index contributed by atoms with van der Waals surface area (Å²) < 4.78 is 7.28. The first-order chi connectivity index (χ1) is 8.32. The van der Waals surface area contributed by atoms with Gasteiger partial charge < -0.3 is 14.6 Å². The smallest absolute Gasteiger partial charge is 0.140 e. The number of ether oxygens (including phenoxy) is 1. The SMILES string of the molecule is CCCC1(c2nncn2CCOC)CCNC1. The molecule has 0 aromatic carbocycles. The van der Waals surface area contributed by atoms with Gasteiger partial charge in [-0.05, 0) is 19.4 Å². The van der Waals surface area contributed by atoms with Crippen LogP contribution in [-0.4, -0.2) is 41.6 Å². The predicted octanol–water partition coefficient (Wildman–Crippen LogP) is 0.956. The first kappa shape index (κ1) is 12.5. The Bertz CT molecular complexity index is 344. The molecule has 5 heteroatoms. The molecule has 1 aliphatic heterocycles. The highest BCUT2D eigenvalue weighted by atomic mass is 16.5. The van der Waals surface area contributed by atoms with Gasteiger partial charge in [-0.25, -0.2) is 0 Å². The Morgan fingerprint density at radius 1 is 1.59 bits per heavy atom. The molecule has 1 unspecified atom stereocenters. The van der Waals surface area contributed by atoms with Crippen LogP contribution in [0, 0.1) is 0 Å². The van der Waals surface area contributed by atoms with Gasteiger partial charge in [0.1, 0.15) is 12.2 Å². The average Bonchev–Trinajstić information content (AvgIpc) is 2.95. The minimum atomic E-state index is 0.180. The summed E-state index contributed by atoms with van der Waals surface area (Å²) in [6.45, 7) is 5.88. The Kier molecular flexibility index (Phi) is 4.12. The summed E-state index contributed by atoms with van der Waals surface area (Å²) >= 11 is 0. The molecular weight excluding hydrogens is 216 g/mol. The van der Waals surface area contributed by atoms with Gasteiger partial charge in [0.05, 0.1) is 6.61 Å². The fourth-order valence-electron chi connectivity index (χ4n) is 2.76. The number of nitrogens with zero attached hydrogens (tertiary/aromatic N) is 3. The molecule has 17 heavy (non-hydrogen) atoms. The summed E-state index contributed by atoms with van der Waals surface area (Å²) in [6.07, 6.45) is 5.33. The molecule has 1 N–H and O–H groups in total. The van der Waals surface area contributed by atoms with Crippen molar-refractivity contribution >= 4 is 0 Å². The molecule has 0 radical (unpaired) electrons. The molecule has 1 atom stereocenters. The topological polar surface area (TPSA) is 52.0 Å². The van der Waals surface area contributed by atoms with Gasteiger partial charge in [-0.15, -0.1) is 10.2 Å². The maximum atomic E-state index is 5.13. The lowest BCUT2D eigenvalue weighted by atomic mass is 9.81. The molecule has 96 valence electrons. The number of hydrogen-bond acceptors (Lipinski definition) is 4. The van der Waals surface area contributed by atoms with E-state index < -0.39 is 0 Å². The lowest BCUT2D eigenvalue weighted by Gasteiger charge is -2.27. The maximum absolute atomic E-state index is 5.13. The zero-order valence-corrected chi connectivity index (χ0v) is 10.8. The monoisotopic (exact) mass is 238 g/mol. The van der Waals surface area contributed by atoms with Crippen LogP contribution in [-0.2, 0) is 16.7 Å². The van der Waals surface area contributed by atoms with Crippen LogP contribution in [0.4, 0.5) is 0 Å². The van der Waals surface area contributed by atoms with Gasteiger partial charge in [0, 0.05) is 25.6 Å². The average molecular weight is 238 g/mol. The summed E-state index contributed by atoms with van der Waals surface area (Å²) in [5.74, 6) is 1.13. The summed E-state index contributed by atoms with van der Waals surface area (Å²) in [6, 6.07) is 0. The highest BCUT2D eigenvalue weighted by molar-refractivity contribution is 5.12. The van der Waals surface area contributed by atoms with Crippen LogP contribution in [0.1, 0.15) is 32.0 Å². The maximum Gasteiger partial charge on any atom is 0.140 e. The fourth-order valence-corrected chi connectivity index (χ4v) is 2.76. The Hall–Kier alpha value is -0.940. The Balaban J connectivity index is 2.20. The summed E-state index contributed by atoms with van der Waals surface area (Å²) in [5, 5.41) is 11.9. The van der Waals surface area contributed by atoms with Crippen LogP contribution < -0.4 is 5.32 Å². The van der Waals surface area contributed by atoms with Crippen LogP contribution in [0.25, 0.3) is 0 Å². The van der Waals surface area contributed by atoms with E-state index in [1.165, 1.54) is 12.8 Å². The molecule has 0 bridgehead atoms. The second-order valence-corrected chi connectivity index (χ2v) is 4.80. The fraction of sp³-hybridized carbons (Fsp3) is 0.833. The lowest BCUT2D eigenvalue weighted by molar-refractivity contribution is 0.184. The predicted molar refractivity (Wildman–Crippen MR) is 66.0 cm³/mol. The van der Waals surface area contributed by atoms with Gasteiger partial charge in [-0.3, -0.25) is 0 Å². The van der Waals surface area contributed by atoms with E-state index in [9.17, 15) is 0 Å². The Morgan fingerprint density at radius 2 is 2.47 bits per heavy atom. The van der Waals surface area contributed by atoms with E-state index in [1.54, 1.807) is 7.11 Å². The van der Waals surface area contributed by atoms with E-state index in [4.69, 9.17) is 4.74 Å². The Labute approximate surface area is 103 Å². The number of methoxy groups -OCH3 is 1. The van der Waals surface area contributed by atoms with E-state index in [0.717, 1.165) is 31.9 Å². The van der Waals surface area contributed by atoms with Crippen molar-refractivity contribution in [2.75, 3.05) is 26.8 Å². The minimum absolute atomic E-state index is 0.180.